The van der Waals surface area contributed by atoms with Crippen molar-refractivity contribution in [1.29, 1.82) is 15.8 Å². The fourth-order valence-corrected chi connectivity index (χ4v) is 6.91. The predicted molar refractivity (Wildman–Crippen MR) is 196 cm³/mol. The molecule has 0 aliphatic heterocycles. The first kappa shape index (κ1) is 28.7. The highest BCUT2D eigenvalue weighted by Crippen LogP contribution is 2.38. The van der Waals surface area contributed by atoms with Gasteiger partial charge in [-0.2, -0.15) is 15.8 Å². The fourth-order valence-electron chi connectivity index (χ4n) is 6.91. The molecule has 0 saturated carbocycles. The maximum Gasteiger partial charge on any atom is 0.135 e. The van der Waals surface area contributed by atoms with Gasteiger partial charge in [-0.3, -0.25) is 0 Å². The molecule has 6 heteroatoms. The molecule has 0 amide bonds. The van der Waals surface area contributed by atoms with Crippen LogP contribution in [0.15, 0.2) is 144 Å². The summed E-state index contributed by atoms with van der Waals surface area (Å²) in [6.45, 7) is 0. The minimum Gasteiger partial charge on any atom is -0.456 e. The third-order valence-corrected chi connectivity index (χ3v) is 9.24. The smallest absolute Gasteiger partial charge is 0.135 e. The fraction of sp³-hybridized carbons (Fsp3) is 0. The van der Waals surface area contributed by atoms with Crippen LogP contribution in [0.3, 0.4) is 0 Å². The van der Waals surface area contributed by atoms with Gasteiger partial charge >= 0.3 is 0 Å². The summed E-state index contributed by atoms with van der Waals surface area (Å²) in [5.74, 6) is 0. The van der Waals surface area contributed by atoms with Crippen molar-refractivity contribution in [1.82, 2.24) is 9.55 Å². The largest absolute Gasteiger partial charge is 0.456 e. The topological polar surface area (TPSA) is 102 Å². The van der Waals surface area contributed by atoms with Gasteiger partial charge in [-0.15, -0.1) is 0 Å². The van der Waals surface area contributed by atoms with Crippen LogP contribution in [0, 0.1) is 34.0 Å². The van der Waals surface area contributed by atoms with Crippen molar-refractivity contribution in [3.05, 3.63) is 156 Å². The van der Waals surface area contributed by atoms with Gasteiger partial charge in [0, 0.05) is 38.4 Å². The summed E-state index contributed by atoms with van der Waals surface area (Å²) in [7, 11) is 0. The number of hydrogen-bond donors (Lipinski definition) is 0. The van der Waals surface area contributed by atoms with E-state index < -0.39 is 0 Å². The molecule has 0 atom stereocenters. The molecular formula is C44H23N5O. The Morgan fingerprint density at radius 3 is 1.82 bits per heavy atom. The van der Waals surface area contributed by atoms with Crippen LogP contribution in [0.5, 0.6) is 0 Å². The first-order valence-electron chi connectivity index (χ1n) is 16.0. The van der Waals surface area contributed by atoms with Crippen LogP contribution in [0.2, 0.25) is 0 Å². The van der Waals surface area contributed by atoms with Crippen molar-refractivity contribution in [2.24, 2.45) is 0 Å². The highest BCUT2D eigenvalue weighted by atomic mass is 16.3. The van der Waals surface area contributed by atoms with Crippen LogP contribution in [0.25, 0.3) is 83.1 Å². The van der Waals surface area contributed by atoms with Gasteiger partial charge in [0.2, 0.25) is 0 Å². The van der Waals surface area contributed by atoms with Crippen LogP contribution in [0.1, 0.15) is 16.7 Å². The quantitative estimate of drug-likeness (QED) is 0.191. The average molecular weight is 638 g/mol. The zero-order valence-electron chi connectivity index (χ0n) is 26.4. The molecule has 0 N–H and O–H groups in total. The standard InChI is InChI=1S/C44H23N5O/c45-24-27-5-3-6-31(17-27)39-8-4-9-40(48-39)33-20-32(30-13-16-44-38(23-30)35-7-1-2-10-43(35)50-44)21-34(22-33)49-41-14-11-28(25-46)18-36(41)37-19-29(26-47)12-15-42(37)49/h1-23H. The molecule has 0 unspecified atom stereocenters. The van der Waals surface area contributed by atoms with E-state index in [9.17, 15) is 15.8 Å². The third-order valence-electron chi connectivity index (χ3n) is 9.24. The molecule has 0 fully saturated rings. The molecule has 9 aromatic rings. The summed E-state index contributed by atoms with van der Waals surface area (Å²) < 4.78 is 8.33. The van der Waals surface area contributed by atoms with Crippen molar-refractivity contribution in [3.63, 3.8) is 0 Å². The van der Waals surface area contributed by atoms with Crippen molar-refractivity contribution in [3.8, 4) is 57.5 Å². The van der Waals surface area contributed by atoms with E-state index in [2.05, 4.69) is 59.2 Å². The van der Waals surface area contributed by atoms with E-state index in [4.69, 9.17) is 9.40 Å². The van der Waals surface area contributed by atoms with Crippen LogP contribution in [-0.2, 0) is 0 Å². The Morgan fingerprint density at radius 2 is 1.08 bits per heavy atom. The number of benzene rings is 6. The summed E-state index contributed by atoms with van der Waals surface area (Å²) in [6, 6.07) is 52.3. The van der Waals surface area contributed by atoms with Gasteiger partial charge < -0.3 is 8.98 Å². The lowest BCUT2D eigenvalue weighted by Gasteiger charge is -2.14. The Bertz CT molecular complexity index is 2910. The minimum absolute atomic E-state index is 0.551. The van der Waals surface area contributed by atoms with Crippen LogP contribution < -0.4 is 0 Å². The first-order chi connectivity index (χ1) is 24.6. The van der Waals surface area contributed by atoms with Crippen LogP contribution >= 0.6 is 0 Å². The van der Waals surface area contributed by atoms with E-state index in [1.807, 2.05) is 97.1 Å². The van der Waals surface area contributed by atoms with Crippen molar-refractivity contribution in [2.75, 3.05) is 0 Å². The number of para-hydroxylation sites is 1. The number of furan rings is 1. The molecule has 3 aromatic heterocycles. The van der Waals surface area contributed by atoms with Gasteiger partial charge in [0.25, 0.3) is 0 Å². The van der Waals surface area contributed by atoms with E-state index in [0.29, 0.717) is 16.7 Å². The second kappa shape index (κ2) is 11.4. The average Bonchev–Trinajstić information content (AvgIpc) is 3.72. The van der Waals surface area contributed by atoms with Crippen LogP contribution in [0.4, 0.5) is 0 Å². The van der Waals surface area contributed by atoms with Gasteiger partial charge in [-0.25, -0.2) is 4.98 Å². The van der Waals surface area contributed by atoms with E-state index in [-0.39, 0.29) is 0 Å². The molecular weight excluding hydrogens is 615 g/mol. The molecule has 0 radical (unpaired) electrons. The van der Waals surface area contributed by atoms with Crippen LogP contribution in [-0.4, -0.2) is 9.55 Å². The van der Waals surface area contributed by atoms with Gasteiger partial charge in [0.05, 0.1) is 57.3 Å². The number of nitriles is 3. The molecule has 230 valence electrons. The van der Waals surface area contributed by atoms with Gasteiger partial charge in [-0.1, -0.05) is 42.5 Å². The Morgan fingerprint density at radius 1 is 0.440 bits per heavy atom. The lowest BCUT2D eigenvalue weighted by atomic mass is 9.98. The summed E-state index contributed by atoms with van der Waals surface area (Å²) in [5, 5.41) is 32.9. The maximum absolute atomic E-state index is 9.74. The third kappa shape index (κ3) is 4.67. The zero-order valence-corrected chi connectivity index (χ0v) is 26.4. The molecule has 0 aliphatic carbocycles. The number of nitrogens with zero attached hydrogens (tertiary/aromatic N) is 5. The molecule has 0 aliphatic rings. The highest BCUT2D eigenvalue weighted by Gasteiger charge is 2.17. The van der Waals surface area contributed by atoms with Gasteiger partial charge in [0.15, 0.2) is 0 Å². The van der Waals surface area contributed by atoms with Crippen molar-refractivity contribution in [2.45, 2.75) is 0 Å². The Hall–Kier alpha value is -7.46. The normalized spacial score (nSPS) is 11.1. The Balaban J connectivity index is 1.31. The van der Waals surface area contributed by atoms with E-state index >= 15 is 0 Å². The second-order valence-electron chi connectivity index (χ2n) is 12.2. The Kier molecular flexibility index (Phi) is 6.53. The first-order valence-corrected chi connectivity index (χ1v) is 16.0. The Labute approximate surface area is 286 Å². The molecule has 0 spiro atoms. The molecule has 0 saturated heterocycles. The highest BCUT2D eigenvalue weighted by molar-refractivity contribution is 6.10. The summed E-state index contributed by atoms with van der Waals surface area (Å²) in [4.78, 5) is 5.09. The molecule has 50 heavy (non-hydrogen) atoms. The van der Waals surface area contributed by atoms with E-state index in [1.165, 1.54) is 0 Å². The monoisotopic (exact) mass is 637 g/mol. The molecule has 0 bridgehead atoms. The lowest BCUT2D eigenvalue weighted by Crippen LogP contribution is -1.97. The van der Waals surface area contributed by atoms with Gasteiger partial charge in [-0.05, 0) is 108 Å². The number of hydrogen-bond acceptors (Lipinski definition) is 5. The molecule has 6 aromatic carbocycles. The second-order valence-corrected chi connectivity index (χ2v) is 12.2. The summed E-state index contributed by atoms with van der Waals surface area (Å²) >= 11 is 0. The summed E-state index contributed by atoms with van der Waals surface area (Å²) in [6.07, 6.45) is 0. The van der Waals surface area contributed by atoms with Gasteiger partial charge in [0.1, 0.15) is 11.2 Å². The van der Waals surface area contributed by atoms with Crippen molar-refractivity contribution >= 4 is 43.7 Å². The predicted octanol–water partition coefficient (Wildman–Crippen LogP) is 10.7. The molecule has 3 heterocycles. The maximum atomic E-state index is 9.74. The van der Waals surface area contributed by atoms with E-state index in [0.717, 1.165) is 83.1 Å². The number of rotatable bonds is 4. The van der Waals surface area contributed by atoms with Crippen molar-refractivity contribution < 1.29 is 4.42 Å². The summed E-state index contributed by atoms with van der Waals surface area (Å²) in [5.41, 5.74) is 11.4. The SMILES string of the molecule is N#Cc1cccc(-c2cccc(-c3cc(-c4ccc5oc6ccccc6c5c4)cc(-n4c5ccc(C#N)cc5c5cc(C#N)ccc54)c3)n2)c1. The zero-order chi connectivity index (χ0) is 33.8. The number of aromatic nitrogens is 2. The number of fused-ring (bicyclic) bond motifs is 6. The van der Waals surface area contributed by atoms with E-state index in [1.54, 1.807) is 6.07 Å². The molecule has 6 nitrogen and oxygen atoms in total. The number of pyridine rings is 1. The molecule has 9 rings (SSSR count). The lowest BCUT2D eigenvalue weighted by molar-refractivity contribution is 0.669. The minimum atomic E-state index is 0.551.